The predicted molar refractivity (Wildman–Crippen MR) is 60.3 cm³/mol. The van der Waals surface area contributed by atoms with Crippen molar-refractivity contribution in [2.24, 2.45) is 0 Å². The Hall–Kier alpha value is -1.76. The topological polar surface area (TPSA) is 71.8 Å². The molecule has 0 saturated heterocycles. The summed E-state index contributed by atoms with van der Waals surface area (Å²) < 4.78 is 1.66. The smallest absolute Gasteiger partial charge is 0.234 e. The van der Waals surface area contributed by atoms with Crippen molar-refractivity contribution in [3.05, 3.63) is 18.1 Å². The summed E-state index contributed by atoms with van der Waals surface area (Å²) in [4.78, 5) is 0.782. The largest absolute Gasteiger partial charge is 0.282 e. The highest BCUT2D eigenvalue weighted by Crippen LogP contribution is 2.25. The second-order valence-electron chi connectivity index (χ2n) is 3.83. The van der Waals surface area contributed by atoms with Crippen molar-refractivity contribution >= 4 is 16.3 Å². The van der Waals surface area contributed by atoms with E-state index < -0.39 is 0 Å². The van der Waals surface area contributed by atoms with Crippen LogP contribution < -0.4 is 0 Å². The average molecular weight is 234 g/mol. The molecule has 6 nitrogen and oxygen atoms in total. The molecule has 0 saturated carbocycles. The number of H-pyrrole nitrogens is 1. The summed E-state index contributed by atoms with van der Waals surface area (Å²) in [5.41, 5.74) is 1.97. The molecule has 3 heterocycles. The van der Waals surface area contributed by atoms with Crippen molar-refractivity contribution in [3.8, 4) is 10.7 Å². The molecule has 0 spiro atoms. The zero-order valence-electron chi connectivity index (χ0n) is 8.88. The summed E-state index contributed by atoms with van der Waals surface area (Å²) >= 11 is 1.48. The minimum atomic E-state index is 0.437. The van der Waals surface area contributed by atoms with Crippen molar-refractivity contribution in [2.75, 3.05) is 0 Å². The number of hydrogen-bond acceptors (Lipinski definition) is 5. The van der Waals surface area contributed by atoms with Gasteiger partial charge in [0.25, 0.3) is 0 Å². The van der Waals surface area contributed by atoms with Crippen molar-refractivity contribution in [1.82, 2.24) is 30.0 Å². The summed E-state index contributed by atoms with van der Waals surface area (Å²) in [7, 11) is 0. The Morgan fingerprint density at radius 2 is 2.31 bits per heavy atom. The minimum absolute atomic E-state index is 0.437. The number of nitrogens with zero attached hydrogens (tertiary/aromatic N) is 5. The third-order valence-electron chi connectivity index (χ3n) is 2.33. The van der Waals surface area contributed by atoms with Gasteiger partial charge in [-0.2, -0.15) is 14.7 Å². The fourth-order valence-corrected chi connectivity index (χ4v) is 2.19. The first-order chi connectivity index (χ1) is 7.74. The van der Waals surface area contributed by atoms with Crippen LogP contribution in [0.5, 0.6) is 0 Å². The van der Waals surface area contributed by atoms with Gasteiger partial charge in [-0.15, -0.1) is 10.2 Å². The molecule has 16 heavy (non-hydrogen) atoms. The molecule has 0 atom stereocenters. The minimum Gasteiger partial charge on any atom is -0.282 e. The first-order valence-electron chi connectivity index (χ1n) is 4.96. The summed E-state index contributed by atoms with van der Waals surface area (Å²) in [6, 6.07) is 2.02. The molecule has 82 valence electrons. The monoisotopic (exact) mass is 234 g/mol. The number of aromatic nitrogens is 6. The molecule has 0 bridgehead atoms. The number of fused-ring (bicyclic) bond motifs is 1. The van der Waals surface area contributed by atoms with Gasteiger partial charge in [-0.3, -0.25) is 5.10 Å². The van der Waals surface area contributed by atoms with E-state index in [0.717, 1.165) is 21.4 Å². The van der Waals surface area contributed by atoms with Gasteiger partial charge in [-0.05, 0) is 12.0 Å². The number of aromatic amines is 1. The fraction of sp³-hybridized carbons (Fsp3) is 0.333. The van der Waals surface area contributed by atoms with E-state index in [9.17, 15) is 0 Å². The molecule has 0 fully saturated rings. The Morgan fingerprint density at radius 1 is 1.44 bits per heavy atom. The van der Waals surface area contributed by atoms with Crippen LogP contribution in [0, 0.1) is 0 Å². The fourth-order valence-electron chi connectivity index (χ4n) is 1.41. The Kier molecular flexibility index (Phi) is 2.00. The lowest BCUT2D eigenvalue weighted by atomic mass is 10.1. The van der Waals surface area contributed by atoms with Crippen molar-refractivity contribution in [1.29, 1.82) is 0 Å². The molecule has 0 unspecified atom stereocenters. The van der Waals surface area contributed by atoms with E-state index in [1.807, 2.05) is 6.07 Å². The lowest BCUT2D eigenvalue weighted by Gasteiger charge is -1.95. The second kappa shape index (κ2) is 3.38. The molecular weight excluding hydrogens is 224 g/mol. The van der Waals surface area contributed by atoms with E-state index >= 15 is 0 Å². The molecule has 0 aliphatic heterocycles. The van der Waals surface area contributed by atoms with Crippen LogP contribution in [0.3, 0.4) is 0 Å². The summed E-state index contributed by atoms with van der Waals surface area (Å²) in [5, 5.41) is 20.2. The van der Waals surface area contributed by atoms with Gasteiger partial charge in [0.05, 0.1) is 0 Å². The highest BCUT2D eigenvalue weighted by atomic mass is 32.1. The summed E-state index contributed by atoms with van der Waals surface area (Å²) in [5.74, 6) is 0.437. The van der Waals surface area contributed by atoms with Gasteiger partial charge in [0.2, 0.25) is 4.96 Å². The SMILES string of the molecule is CC(C)c1cc(-c2nn3cnnc3s2)n[nH]1. The van der Waals surface area contributed by atoms with E-state index in [4.69, 9.17) is 0 Å². The Bertz CT molecular complexity index is 590. The number of hydrogen-bond donors (Lipinski definition) is 1. The van der Waals surface area contributed by atoms with Gasteiger partial charge in [-0.1, -0.05) is 25.2 Å². The van der Waals surface area contributed by atoms with Crippen LogP contribution in [0.2, 0.25) is 0 Å². The molecule has 0 aliphatic rings. The van der Waals surface area contributed by atoms with Crippen LogP contribution in [0.1, 0.15) is 25.5 Å². The van der Waals surface area contributed by atoms with Crippen LogP contribution in [0.25, 0.3) is 15.7 Å². The van der Waals surface area contributed by atoms with Crippen LogP contribution in [0.4, 0.5) is 0 Å². The molecule has 0 amide bonds. The zero-order valence-corrected chi connectivity index (χ0v) is 9.69. The standard InChI is InChI=1S/C9H10N6S/c1-5(2)6-3-7(12-11-6)8-14-15-4-10-13-9(15)16-8/h3-5H,1-2H3,(H,11,12). The van der Waals surface area contributed by atoms with Gasteiger partial charge in [0, 0.05) is 5.69 Å². The summed E-state index contributed by atoms with van der Waals surface area (Å²) in [6.07, 6.45) is 1.59. The molecule has 7 heteroatoms. The molecule has 0 radical (unpaired) electrons. The number of rotatable bonds is 2. The summed E-state index contributed by atoms with van der Waals surface area (Å²) in [6.45, 7) is 4.24. The Labute approximate surface area is 95.3 Å². The third kappa shape index (κ3) is 1.40. The normalized spacial score (nSPS) is 11.7. The zero-order chi connectivity index (χ0) is 11.1. The van der Waals surface area contributed by atoms with Crippen molar-refractivity contribution < 1.29 is 0 Å². The van der Waals surface area contributed by atoms with Gasteiger partial charge in [-0.25, -0.2) is 0 Å². The van der Waals surface area contributed by atoms with E-state index in [1.165, 1.54) is 11.3 Å². The molecule has 0 aromatic carbocycles. The quantitative estimate of drug-likeness (QED) is 0.732. The second-order valence-corrected chi connectivity index (χ2v) is 4.78. The molecule has 0 aliphatic carbocycles. The lowest BCUT2D eigenvalue weighted by molar-refractivity contribution is 0.810. The van der Waals surface area contributed by atoms with Crippen LogP contribution in [-0.4, -0.2) is 30.0 Å². The van der Waals surface area contributed by atoms with E-state index in [0.29, 0.717) is 5.92 Å². The lowest BCUT2D eigenvalue weighted by Crippen LogP contribution is -1.85. The predicted octanol–water partition coefficient (Wildman–Crippen LogP) is 1.70. The van der Waals surface area contributed by atoms with Gasteiger partial charge < -0.3 is 0 Å². The molecular formula is C9H10N6S. The Morgan fingerprint density at radius 3 is 3.00 bits per heavy atom. The maximum absolute atomic E-state index is 4.34. The third-order valence-corrected chi connectivity index (χ3v) is 3.26. The number of nitrogens with one attached hydrogen (secondary N) is 1. The van der Waals surface area contributed by atoms with E-state index in [1.54, 1.807) is 10.8 Å². The van der Waals surface area contributed by atoms with Crippen molar-refractivity contribution in [2.45, 2.75) is 19.8 Å². The first-order valence-corrected chi connectivity index (χ1v) is 5.78. The van der Waals surface area contributed by atoms with Crippen LogP contribution in [-0.2, 0) is 0 Å². The van der Waals surface area contributed by atoms with Gasteiger partial charge in [0.1, 0.15) is 12.0 Å². The Balaban J connectivity index is 2.05. The van der Waals surface area contributed by atoms with Crippen LogP contribution >= 0.6 is 11.3 Å². The maximum Gasteiger partial charge on any atom is 0.234 e. The first kappa shape index (κ1) is 9.46. The van der Waals surface area contributed by atoms with E-state index in [2.05, 4.69) is 39.3 Å². The highest BCUT2D eigenvalue weighted by Gasteiger charge is 2.12. The molecule has 3 aromatic rings. The van der Waals surface area contributed by atoms with Gasteiger partial charge in [0.15, 0.2) is 5.01 Å². The highest BCUT2D eigenvalue weighted by molar-refractivity contribution is 7.19. The molecule has 3 aromatic heterocycles. The van der Waals surface area contributed by atoms with E-state index in [-0.39, 0.29) is 0 Å². The molecule has 3 rings (SSSR count). The average Bonchev–Trinajstić information content (AvgIpc) is 2.91. The van der Waals surface area contributed by atoms with Crippen LogP contribution in [0.15, 0.2) is 12.4 Å². The maximum atomic E-state index is 4.34. The van der Waals surface area contributed by atoms with Gasteiger partial charge >= 0.3 is 0 Å². The molecule has 1 N–H and O–H groups in total. The van der Waals surface area contributed by atoms with Crippen molar-refractivity contribution in [3.63, 3.8) is 0 Å².